The molecule has 0 unspecified atom stereocenters. The smallest absolute Gasteiger partial charge is 0.276 e. The number of aryl methyl sites for hydroxylation is 1. The predicted octanol–water partition coefficient (Wildman–Crippen LogP) is 2.19. The zero-order chi connectivity index (χ0) is 17.6. The van der Waals surface area contributed by atoms with E-state index in [-0.39, 0.29) is 35.5 Å². The first-order chi connectivity index (χ1) is 12.1. The fraction of sp³-hybridized carbons (Fsp3) is 0.526. The van der Waals surface area contributed by atoms with E-state index in [0.717, 1.165) is 18.4 Å². The van der Waals surface area contributed by atoms with Crippen LogP contribution in [-0.2, 0) is 6.54 Å². The van der Waals surface area contributed by atoms with Gasteiger partial charge in [-0.25, -0.2) is 0 Å². The van der Waals surface area contributed by atoms with Gasteiger partial charge < -0.3 is 10.2 Å². The second-order valence-corrected chi connectivity index (χ2v) is 7.20. The van der Waals surface area contributed by atoms with Crippen molar-refractivity contribution in [1.29, 1.82) is 0 Å². The topological polar surface area (TPSA) is 67.2 Å². The van der Waals surface area contributed by atoms with Crippen molar-refractivity contribution in [2.24, 2.45) is 0 Å². The molecule has 3 atom stereocenters. The van der Waals surface area contributed by atoms with Crippen molar-refractivity contribution in [3.05, 3.63) is 40.2 Å². The summed E-state index contributed by atoms with van der Waals surface area (Å²) in [5.74, 6) is -0.341. The number of benzene rings is 1. The summed E-state index contributed by atoms with van der Waals surface area (Å²) < 4.78 is 1.73. The van der Waals surface area contributed by atoms with Crippen LogP contribution in [0.3, 0.4) is 0 Å². The highest BCUT2D eigenvalue weighted by Gasteiger charge is 2.39. The van der Waals surface area contributed by atoms with Gasteiger partial charge in [0.1, 0.15) is 0 Å². The van der Waals surface area contributed by atoms with Crippen molar-refractivity contribution < 1.29 is 4.79 Å². The van der Waals surface area contributed by atoms with Gasteiger partial charge in [0.05, 0.1) is 5.52 Å². The van der Waals surface area contributed by atoms with E-state index in [2.05, 4.69) is 22.4 Å². The summed E-state index contributed by atoms with van der Waals surface area (Å²) in [4.78, 5) is 27.9. The van der Waals surface area contributed by atoms with Gasteiger partial charge in [-0.1, -0.05) is 12.1 Å². The molecule has 2 aliphatic heterocycles. The van der Waals surface area contributed by atoms with Crippen LogP contribution in [0.1, 0.15) is 43.1 Å². The Bertz CT molecular complexity index is 867. The summed E-state index contributed by atoms with van der Waals surface area (Å²) in [7, 11) is 2.17. The number of nitrogens with zero attached hydrogens (tertiary/aromatic N) is 3. The average molecular weight is 377 g/mol. The van der Waals surface area contributed by atoms with Crippen LogP contribution in [0, 0.1) is 0 Å². The maximum atomic E-state index is 12.8. The number of hydrogen-bond acceptors (Lipinski definition) is 4. The lowest BCUT2D eigenvalue weighted by Gasteiger charge is -2.36. The third-order valence-electron chi connectivity index (χ3n) is 5.81. The van der Waals surface area contributed by atoms with Crippen molar-refractivity contribution in [1.82, 2.24) is 20.0 Å². The van der Waals surface area contributed by atoms with Crippen LogP contribution in [0.5, 0.6) is 0 Å². The molecular weight excluding hydrogens is 352 g/mol. The molecule has 1 amide bonds. The van der Waals surface area contributed by atoms with Crippen LogP contribution in [0.15, 0.2) is 29.1 Å². The molecule has 0 spiro atoms. The normalized spacial score (nSPS) is 25.1. The summed E-state index contributed by atoms with van der Waals surface area (Å²) in [6.45, 7) is 2.57. The fourth-order valence-corrected chi connectivity index (χ4v) is 4.41. The number of hydrogen-bond donors (Lipinski definition) is 1. The quantitative estimate of drug-likeness (QED) is 0.891. The molecule has 2 aliphatic rings. The Hall–Kier alpha value is -1.92. The van der Waals surface area contributed by atoms with Gasteiger partial charge in [0.15, 0.2) is 5.69 Å². The Labute approximate surface area is 159 Å². The Kier molecular flexibility index (Phi) is 5.34. The summed E-state index contributed by atoms with van der Waals surface area (Å²) in [5.41, 5.74) is 0.490. The number of aromatic nitrogens is 2. The molecule has 1 aromatic carbocycles. The largest absolute Gasteiger partial charge is 0.348 e. The molecule has 0 radical (unpaired) electrons. The first kappa shape index (κ1) is 18.9. The molecule has 26 heavy (non-hydrogen) atoms. The standard InChI is InChI=1S/C19H24N4O2.ClH/c1-3-23-16-7-5-4-6-15(16)18(24)17(21-23)19(25)20-12-10-13-8-9-14(11-12)22(13)2;/h4-7,12-14H,3,8-11H2,1-2H3,(H,20,25);1H/t12-,13+,14-;. The van der Waals surface area contributed by atoms with E-state index in [4.69, 9.17) is 0 Å². The molecule has 1 N–H and O–H groups in total. The number of rotatable bonds is 3. The number of fused-ring (bicyclic) bond motifs is 3. The number of carbonyl (C=O) groups is 1. The molecule has 4 rings (SSSR count). The third kappa shape index (κ3) is 3.12. The summed E-state index contributed by atoms with van der Waals surface area (Å²) >= 11 is 0. The number of piperidine rings is 1. The molecule has 7 heteroatoms. The van der Waals surface area contributed by atoms with Crippen molar-refractivity contribution in [2.75, 3.05) is 7.05 Å². The predicted molar refractivity (Wildman–Crippen MR) is 104 cm³/mol. The van der Waals surface area contributed by atoms with Gasteiger partial charge in [-0.15, -0.1) is 12.4 Å². The molecule has 2 aromatic rings. The molecule has 0 saturated carbocycles. The van der Waals surface area contributed by atoms with Crippen LogP contribution in [0.2, 0.25) is 0 Å². The molecule has 3 heterocycles. The fourth-order valence-electron chi connectivity index (χ4n) is 4.41. The van der Waals surface area contributed by atoms with Crippen LogP contribution in [0.4, 0.5) is 0 Å². The van der Waals surface area contributed by atoms with E-state index < -0.39 is 0 Å². The molecule has 1 aromatic heterocycles. The molecule has 2 fully saturated rings. The minimum Gasteiger partial charge on any atom is -0.348 e. The van der Waals surface area contributed by atoms with Gasteiger partial charge in [0.2, 0.25) is 5.43 Å². The van der Waals surface area contributed by atoms with Crippen LogP contribution >= 0.6 is 12.4 Å². The number of halogens is 1. The second-order valence-electron chi connectivity index (χ2n) is 7.20. The number of para-hydroxylation sites is 1. The molecule has 0 aliphatic carbocycles. The van der Waals surface area contributed by atoms with Crippen molar-refractivity contribution in [2.45, 2.75) is 57.3 Å². The molecular formula is C19H25ClN4O2. The Morgan fingerprint density at radius 2 is 1.88 bits per heavy atom. The summed E-state index contributed by atoms with van der Waals surface area (Å²) in [6.07, 6.45) is 4.30. The van der Waals surface area contributed by atoms with E-state index in [1.54, 1.807) is 10.7 Å². The Morgan fingerprint density at radius 1 is 1.23 bits per heavy atom. The lowest BCUT2D eigenvalue weighted by molar-refractivity contribution is 0.0874. The highest BCUT2D eigenvalue weighted by atomic mass is 35.5. The monoisotopic (exact) mass is 376 g/mol. The Balaban J connectivity index is 0.00000196. The average Bonchev–Trinajstić information content (AvgIpc) is 2.83. The third-order valence-corrected chi connectivity index (χ3v) is 5.81. The van der Waals surface area contributed by atoms with E-state index in [1.807, 2.05) is 25.1 Å². The lowest BCUT2D eigenvalue weighted by Crippen LogP contribution is -2.49. The molecule has 6 nitrogen and oxygen atoms in total. The molecule has 2 saturated heterocycles. The lowest BCUT2D eigenvalue weighted by atomic mass is 9.98. The van der Waals surface area contributed by atoms with Crippen molar-refractivity contribution in [3.63, 3.8) is 0 Å². The minimum absolute atomic E-state index is 0. The molecule has 2 bridgehead atoms. The Morgan fingerprint density at radius 3 is 2.54 bits per heavy atom. The highest BCUT2D eigenvalue weighted by Crippen LogP contribution is 2.34. The van der Waals surface area contributed by atoms with Gasteiger partial charge in [-0.05, 0) is 51.8 Å². The van der Waals surface area contributed by atoms with E-state index in [0.29, 0.717) is 24.0 Å². The van der Waals surface area contributed by atoms with E-state index in [1.165, 1.54) is 12.8 Å². The van der Waals surface area contributed by atoms with Crippen molar-refractivity contribution >= 4 is 29.2 Å². The van der Waals surface area contributed by atoms with Gasteiger partial charge in [0, 0.05) is 30.1 Å². The van der Waals surface area contributed by atoms with Crippen LogP contribution in [-0.4, -0.2) is 45.8 Å². The zero-order valence-corrected chi connectivity index (χ0v) is 16.0. The second kappa shape index (κ2) is 7.37. The van der Waals surface area contributed by atoms with Crippen molar-refractivity contribution in [3.8, 4) is 0 Å². The van der Waals surface area contributed by atoms with Crippen LogP contribution in [0.25, 0.3) is 10.9 Å². The SMILES string of the molecule is CCn1nc(C(=O)N[C@H]2C[C@H]3CC[C@@H](C2)N3C)c(=O)c2ccccc21.Cl. The summed E-state index contributed by atoms with van der Waals surface area (Å²) in [5, 5.41) is 7.96. The van der Waals surface area contributed by atoms with E-state index in [9.17, 15) is 9.59 Å². The van der Waals surface area contributed by atoms with E-state index >= 15 is 0 Å². The van der Waals surface area contributed by atoms with Crippen LogP contribution < -0.4 is 10.7 Å². The number of nitrogens with one attached hydrogen (secondary N) is 1. The number of amides is 1. The van der Waals surface area contributed by atoms with Gasteiger partial charge in [-0.3, -0.25) is 14.3 Å². The zero-order valence-electron chi connectivity index (χ0n) is 15.1. The van der Waals surface area contributed by atoms with Gasteiger partial charge in [0.25, 0.3) is 5.91 Å². The van der Waals surface area contributed by atoms with Gasteiger partial charge in [-0.2, -0.15) is 5.10 Å². The first-order valence-electron chi connectivity index (χ1n) is 9.11. The van der Waals surface area contributed by atoms with Gasteiger partial charge >= 0.3 is 0 Å². The maximum Gasteiger partial charge on any atom is 0.276 e. The minimum atomic E-state index is -0.341. The highest BCUT2D eigenvalue weighted by molar-refractivity contribution is 5.95. The maximum absolute atomic E-state index is 12.8. The summed E-state index contributed by atoms with van der Waals surface area (Å²) in [6, 6.07) is 8.54. The molecule has 140 valence electrons. The number of carbonyl (C=O) groups excluding carboxylic acids is 1. The first-order valence-corrected chi connectivity index (χ1v) is 9.11.